The normalized spacial score (nSPS) is 16.7. The monoisotopic (exact) mass is 478 g/mol. The van der Waals surface area contributed by atoms with Crippen LogP contribution in [-0.4, -0.2) is 43.8 Å². The Hall–Kier alpha value is -2.16. The Morgan fingerprint density at radius 1 is 1.24 bits per heavy atom. The summed E-state index contributed by atoms with van der Waals surface area (Å²) in [5.41, 5.74) is 1.87. The number of thiophene rings is 1. The molecule has 0 saturated carbocycles. The fraction of sp³-hybridized carbons (Fsp3) is 0.333. The molecule has 1 atom stereocenters. The van der Waals surface area contributed by atoms with Crippen LogP contribution in [0.3, 0.4) is 0 Å². The summed E-state index contributed by atoms with van der Waals surface area (Å²) in [6, 6.07) is 10.8. The predicted molar refractivity (Wildman–Crippen MR) is 116 cm³/mol. The number of carbonyl (C=O) groups is 2. The van der Waals surface area contributed by atoms with Crippen LogP contribution in [0, 0.1) is 0 Å². The van der Waals surface area contributed by atoms with Crippen molar-refractivity contribution in [1.82, 2.24) is 10.2 Å². The fourth-order valence-corrected chi connectivity index (χ4v) is 4.16. The van der Waals surface area contributed by atoms with Gasteiger partial charge in [0.1, 0.15) is 6.61 Å². The Morgan fingerprint density at radius 2 is 2.00 bits per heavy atom. The Labute approximate surface area is 182 Å². The van der Waals surface area contributed by atoms with Gasteiger partial charge in [0.2, 0.25) is 0 Å². The zero-order chi connectivity index (χ0) is 20.8. The molecule has 3 rings (SSSR count). The van der Waals surface area contributed by atoms with E-state index in [4.69, 9.17) is 9.47 Å². The van der Waals surface area contributed by atoms with Gasteiger partial charge in [-0.2, -0.15) is 0 Å². The summed E-state index contributed by atoms with van der Waals surface area (Å²) in [4.78, 5) is 28.5. The first-order valence-electron chi connectivity index (χ1n) is 9.24. The Balaban J connectivity index is 1.90. The molecule has 8 heteroatoms. The Morgan fingerprint density at radius 3 is 2.66 bits per heavy atom. The summed E-state index contributed by atoms with van der Waals surface area (Å²) in [5, 5.41) is 4.98. The van der Waals surface area contributed by atoms with E-state index in [1.54, 1.807) is 30.3 Å². The molecule has 0 bridgehead atoms. The summed E-state index contributed by atoms with van der Waals surface area (Å²) < 4.78 is 11.3. The first-order chi connectivity index (χ1) is 14.0. The van der Waals surface area contributed by atoms with Crippen LogP contribution >= 0.6 is 27.3 Å². The lowest BCUT2D eigenvalue weighted by Gasteiger charge is -2.35. The van der Waals surface area contributed by atoms with Crippen molar-refractivity contribution in [3.05, 3.63) is 68.0 Å². The van der Waals surface area contributed by atoms with E-state index in [0.29, 0.717) is 24.4 Å². The molecule has 0 saturated heterocycles. The van der Waals surface area contributed by atoms with E-state index in [-0.39, 0.29) is 12.6 Å². The van der Waals surface area contributed by atoms with Crippen molar-refractivity contribution in [1.29, 1.82) is 0 Å². The smallest absolute Gasteiger partial charge is 0.338 e. The molecule has 6 nitrogen and oxygen atoms in total. The van der Waals surface area contributed by atoms with Crippen molar-refractivity contribution in [3.8, 4) is 0 Å². The Kier molecular flexibility index (Phi) is 7.46. The van der Waals surface area contributed by atoms with Crippen LogP contribution < -0.4 is 5.32 Å². The molecule has 0 radical (unpaired) electrons. The van der Waals surface area contributed by atoms with Crippen molar-refractivity contribution in [3.63, 3.8) is 0 Å². The summed E-state index contributed by atoms with van der Waals surface area (Å²) in [6.07, 6.45) is 0.720. The molecule has 1 aliphatic rings. The van der Waals surface area contributed by atoms with Crippen LogP contribution in [0.5, 0.6) is 0 Å². The van der Waals surface area contributed by atoms with E-state index in [1.807, 2.05) is 41.8 Å². The van der Waals surface area contributed by atoms with Crippen LogP contribution in [0.1, 0.15) is 23.4 Å². The van der Waals surface area contributed by atoms with E-state index in [1.165, 1.54) is 4.88 Å². The summed E-state index contributed by atoms with van der Waals surface area (Å²) in [7, 11) is 1.55. The minimum atomic E-state index is -0.566. The molecule has 0 aliphatic carbocycles. The van der Waals surface area contributed by atoms with E-state index in [0.717, 1.165) is 16.5 Å². The van der Waals surface area contributed by atoms with Crippen molar-refractivity contribution >= 4 is 39.3 Å². The quantitative estimate of drug-likeness (QED) is 0.453. The fourth-order valence-electron chi connectivity index (χ4n) is 3.19. The van der Waals surface area contributed by atoms with Crippen LogP contribution in [-0.2, 0) is 20.7 Å². The highest BCUT2D eigenvalue weighted by Gasteiger charge is 2.36. The molecule has 1 N–H and O–H groups in total. The van der Waals surface area contributed by atoms with Gasteiger partial charge in [0.25, 0.3) is 0 Å². The number of benzene rings is 1. The van der Waals surface area contributed by atoms with E-state index in [2.05, 4.69) is 21.2 Å². The molecule has 2 heterocycles. The van der Waals surface area contributed by atoms with Crippen molar-refractivity contribution in [2.75, 3.05) is 26.9 Å². The largest absolute Gasteiger partial charge is 0.460 e. The number of hydrogen-bond acceptors (Lipinski definition) is 5. The molecule has 0 spiro atoms. The van der Waals surface area contributed by atoms with Crippen LogP contribution in [0.2, 0.25) is 0 Å². The number of rotatable bonds is 8. The van der Waals surface area contributed by atoms with Crippen molar-refractivity contribution in [2.45, 2.75) is 19.4 Å². The average molecular weight is 479 g/mol. The third-order valence-corrected chi connectivity index (χ3v) is 6.17. The van der Waals surface area contributed by atoms with Gasteiger partial charge in [-0.1, -0.05) is 34.1 Å². The molecule has 29 heavy (non-hydrogen) atoms. The lowest BCUT2D eigenvalue weighted by molar-refractivity contribution is -0.140. The summed E-state index contributed by atoms with van der Waals surface area (Å²) >= 11 is 5.07. The number of carbonyl (C=O) groups excluding carboxylic acids is 2. The highest BCUT2D eigenvalue weighted by Crippen LogP contribution is 2.32. The van der Waals surface area contributed by atoms with Gasteiger partial charge in [0, 0.05) is 28.7 Å². The van der Waals surface area contributed by atoms with Gasteiger partial charge in [-0.25, -0.2) is 9.59 Å². The number of ether oxygens (including phenoxy) is 2. The minimum absolute atomic E-state index is 0.155. The summed E-state index contributed by atoms with van der Waals surface area (Å²) in [6.45, 7) is 2.75. The molecule has 0 fully saturated rings. The number of esters is 1. The lowest BCUT2D eigenvalue weighted by atomic mass is 9.95. The SMILES string of the molecule is COCCOC(=O)C1=C(C)N(CCc2cccs2)C(=O)NC1c1ccc(Br)cc1. The molecule has 1 unspecified atom stereocenters. The predicted octanol–water partition coefficient (Wildman–Crippen LogP) is 4.28. The number of urea groups is 1. The maximum absolute atomic E-state index is 12.9. The maximum Gasteiger partial charge on any atom is 0.338 e. The molecule has 1 aromatic heterocycles. The Bertz CT molecular complexity index is 881. The second kappa shape index (κ2) is 10.0. The molecular formula is C21H23BrN2O4S. The van der Waals surface area contributed by atoms with E-state index in [9.17, 15) is 9.59 Å². The summed E-state index contributed by atoms with van der Waals surface area (Å²) in [5.74, 6) is -0.450. The third-order valence-electron chi connectivity index (χ3n) is 4.70. The number of halogens is 1. The van der Waals surface area contributed by atoms with Crippen LogP contribution in [0.25, 0.3) is 0 Å². The number of nitrogens with one attached hydrogen (secondary N) is 1. The van der Waals surface area contributed by atoms with Crippen molar-refractivity contribution in [2.24, 2.45) is 0 Å². The highest BCUT2D eigenvalue weighted by atomic mass is 79.9. The topological polar surface area (TPSA) is 67.9 Å². The van der Waals surface area contributed by atoms with Gasteiger partial charge in [0.15, 0.2) is 0 Å². The van der Waals surface area contributed by atoms with E-state index >= 15 is 0 Å². The molecule has 2 aromatic rings. The lowest BCUT2D eigenvalue weighted by Crippen LogP contribution is -2.48. The first kappa shape index (κ1) is 21.5. The minimum Gasteiger partial charge on any atom is -0.460 e. The van der Waals surface area contributed by atoms with Crippen LogP contribution in [0.4, 0.5) is 4.79 Å². The molecular weight excluding hydrogens is 456 g/mol. The number of amides is 2. The zero-order valence-corrected chi connectivity index (χ0v) is 18.7. The molecule has 2 amide bonds. The molecule has 154 valence electrons. The molecule has 1 aliphatic heterocycles. The second-order valence-corrected chi connectivity index (χ2v) is 8.49. The third kappa shape index (κ3) is 5.26. The number of methoxy groups -OCH3 is 1. The first-order valence-corrected chi connectivity index (χ1v) is 10.9. The van der Waals surface area contributed by atoms with Gasteiger partial charge in [-0.3, -0.25) is 4.90 Å². The van der Waals surface area contributed by atoms with Crippen molar-refractivity contribution < 1.29 is 19.1 Å². The van der Waals surface area contributed by atoms with Gasteiger partial charge < -0.3 is 14.8 Å². The van der Waals surface area contributed by atoms with Gasteiger partial charge >= 0.3 is 12.0 Å². The average Bonchev–Trinajstić information content (AvgIpc) is 3.21. The zero-order valence-electron chi connectivity index (χ0n) is 16.3. The second-order valence-electron chi connectivity index (χ2n) is 6.54. The van der Waals surface area contributed by atoms with Gasteiger partial charge in [-0.15, -0.1) is 11.3 Å². The van der Waals surface area contributed by atoms with Gasteiger partial charge in [-0.05, 0) is 42.5 Å². The number of allylic oxidation sites excluding steroid dienone is 1. The van der Waals surface area contributed by atoms with Crippen LogP contribution in [0.15, 0.2) is 57.5 Å². The van der Waals surface area contributed by atoms with E-state index < -0.39 is 12.0 Å². The number of nitrogens with zero attached hydrogens (tertiary/aromatic N) is 1. The highest BCUT2D eigenvalue weighted by molar-refractivity contribution is 9.10. The standard InChI is InChI=1S/C21H23BrN2O4S/c1-14-18(20(25)28-12-11-27-2)19(15-5-7-16(22)8-6-15)23-21(26)24(14)10-9-17-4-3-13-29-17/h3-8,13,19H,9-12H2,1-2H3,(H,23,26). The maximum atomic E-state index is 12.9. The van der Waals surface area contributed by atoms with Gasteiger partial charge in [0.05, 0.1) is 18.2 Å². The molecule has 1 aromatic carbocycles. The number of hydrogen-bond donors (Lipinski definition) is 1.